The monoisotopic (exact) mass is 244 g/mol. The largest absolute Gasteiger partial charge is 0.459 e. The first kappa shape index (κ1) is 16.4. The molecule has 102 valence electrons. The molecule has 0 bridgehead atoms. The molecule has 0 saturated heterocycles. The van der Waals surface area contributed by atoms with E-state index in [1.54, 1.807) is 0 Å². The van der Waals surface area contributed by atoms with Crippen LogP contribution < -0.4 is 5.32 Å². The van der Waals surface area contributed by atoms with Gasteiger partial charge in [0.25, 0.3) is 0 Å². The number of nitrogens with zero attached hydrogens (tertiary/aromatic N) is 1. The van der Waals surface area contributed by atoms with Crippen molar-refractivity contribution in [2.45, 2.75) is 53.2 Å². The Morgan fingerprint density at radius 3 is 2.24 bits per heavy atom. The van der Waals surface area contributed by atoms with E-state index >= 15 is 0 Å². The lowest BCUT2D eigenvalue weighted by atomic mass is 10.2. The fourth-order valence-electron chi connectivity index (χ4n) is 1.45. The minimum Gasteiger partial charge on any atom is -0.459 e. The van der Waals surface area contributed by atoms with E-state index in [1.807, 2.05) is 27.7 Å². The third-order valence-electron chi connectivity index (χ3n) is 2.53. The molecule has 0 radical (unpaired) electrons. The normalized spacial score (nSPS) is 13.8. The van der Waals surface area contributed by atoms with Crippen LogP contribution in [0.1, 0.15) is 41.5 Å². The van der Waals surface area contributed by atoms with Gasteiger partial charge in [0.15, 0.2) is 0 Å². The molecule has 1 unspecified atom stereocenters. The van der Waals surface area contributed by atoms with E-state index in [-0.39, 0.29) is 12.0 Å². The number of hydrogen-bond donors (Lipinski definition) is 1. The van der Waals surface area contributed by atoms with Crippen LogP contribution in [0.2, 0.25) is 0 Å². The van der Waals surface area contributed by atoms with E-state index in [4.69, 9.17) is 4.74 Å². The molecule has 0 aromatic carbocycles. The van der Waals surface area contributed by atoms with Crippen molar-refractivity contribution in [2.24, 2.45) is 0 Å². The van der Waals surface area contributed by atoms with Gasteiger partial charge in [-0.15, -0.1) is 0 Å². The molecule has 1 N–H and O–H groups in total. The molecule has 1 atom stereocenters. The fourth-order valence-corrected chi connectivity index (χ4v) is 1.45. The zero-order valence-electron chi connectivity index (χ0n) is 12.2. The highest BCUT2D eigenvalue weighted by Crippen LogP contribution is 2.08. The zero-order valence-corrected chi connectivity index (χ0v) is 12.2. The van der Waals surface area contributed by atoms with Crippen LogP contribution in [-0.2, 0) is 9.53 Å². The molecule has 0 aliphatic heterocycles. The molecule has 4 heteroatoms. The lowest BCUT2D eigenvalue weighted by Gasteiger charge is -2.24. The lowest BCUT2D eigenvalue weighted by molar-refractivity contribution is -0.156. The minimum atomic E-state index is -0.411. The minimum absolute atomic E-state index is 0.183. The molecule has 4 nitrogen and oxygen atoms in total. The first-order valence-corrected chi connectivity index (χ1v) is 6.48. The van der Waals surface area contributed by atoms with E-state index in [0.717, 1.165) is 26.2 Å². The van der Waals surface area contributed by atoms with Crippen molar-refractivity contribution in [3.05, 3.63) is 0 Å². The van der Waals surface area contributed by atoms with Crippen LogP contribution >= 0.6 is 0 Å². The summed E-state index contributed by atoms with van der Waals surface area (Å²) >= 11 is 0. The maximum atomic E-state index is 11.7. The summed E-state index contributed by atoms with van der Waals surface area (Å²) in [6, 6.07) is -0.246. The summed E-state index contributed by atoms with van der Waals surface area (Å²) in [6.07, 6.45) is 0. The van der Waals surface area contributed by atoms with Crippen LogP contribution in [-0.4, -0.2) is 48.7 Å². The van der Waals surface area contributed by atoms with Crippen LogP contribution in [0, 0.1) is 0 Å². The van der Waals surface area contributed by atoms with Crippen molar-refractivity contribution >= 4 is 5.97 Å². The Kier molecular flexibility index (Phi) is 7.39. The van der Waals surface area contributed by atoms with E-state index < -0.39 is 5.60 Å². The average Bonchev–Trinajstić information content (AvgIpc) is 2.21. The quantitative estimate of drug-likeness (QED) is 0.691. The Morgan fingerprint density at radius 2 is 1.82 bits per heavy atom. The van der Waals surface area contributed by atoms with Crippen LogP contribution in [0.3, 0.4) is 0 Å². The van der Waals surface area contributed by atoms with E-state index in [0.29, 0.717) is 0 Å². The van der Waals surface area contributed by atoms with Crippen molar-refractivity contribution in [2.75, 3.05) is 26.2 Å². The highest BCUT2D eigenvalue weighted by atomic mass is 16.6. The van der Waals surface area contributed by atoms with Gasteiger partial charge in [-0.1, -0.05) is 13.8 Å². The smallest absolute Gasteiger partial charge is 0.323 e. The standard InChI is InChI=1S/C13H28N2O2/c1-7-15(8-2)10-9-14-11(3)12(16)17-13(4,5)6/h11,14H,7-10H2,1-6H3. The lowest BCUT2D eigenvalue weighted by Crippen LogP contribution is -2.42. The molecule has 0 aliphatic carbocycles. The van der Waals surface area contributed by atoms with Gasteiger partial charge in [-0.3, -0.25) is 4.79 Å². The third-order valence-corrected chi connectivity index (χ3v) is 2.53. The summed E-state index contributed by atoms with van der Waals surface area (Å²) in [5.41, 5.74) is -0.411. The molecule has 0 spiro atoms. The van der Waals surface area contributed by atoms with Gasteiger partial charge in [0, 0.05) is 13.1 Å². The molecule has 0 saturated carbocycles. The summed E-state index contributed by atoms with van der Waals surface area (Å²) in [7, 11) is 0. The van der Waals surface area contributed by atoms with Gasteiger partial charge < -0.3 is 15.0 Å². The molecule has 0 aliphatic rings. The number of rotatable bonds is 7. The van der Waals surface area contributed by atoms with Crippen molar-refractivity contribution < 1.29 is 9.53 Å². The molecular formula is C13H28N2O2. The first-order chi connectivity index (χ1) is 7.80. The number of likely N-dealkylation sites (N-methyl/N-ethyl adjacent to an activating group) is 1. The highest BCUT2D eigenvalue weighted by molar-refractivity contribution is 5.75. The highest BCUT2D eigenvalue weighted by Gasteiger charge is 2.21. The topological polar surface area (TPSA) is 41.6 Å². The Hall–Kier alpha value is -0.610. The summed E-state index contributed by atoms with van der Waals surface area (Å²) in [5, 5.41) is 3.19. The second-order valence-corrected chi connectivity index (χ2v) is 5.24. The second kappa shape index (κ2) is 7.67. The van der Waals surface area contributed by atoms with Gasteiger partial charge in [-0.2, -0.15) is 0 Å². The van der Waals surface area contributed by atoms with E-state index in [1.165, 1.54) is 0 Å². The van der Waals surface area contributed by atoms with Gasteiger partial charge in [0.2, 0.25) is 0 Å². The first-order valence-electron chi connectivity index (χ1n) is 6.48. The number of carbonyl (C=O) groups excluding carboxylic acids is 1. The predicted octanol–water partition coefficient (Wildman–Crippen LogP) is 1.65. The number of esters is 1. The van der Waals surface area contributed by atoms with Gasteiger partial charge in [-0.05, 0) is 40.8 Å². The summed E-state index contributed by atoms with van der Waals surface area (Å²) in [4.78, 5) is 14.0. The molecule has 0 rings (SSSR count). The molecule has 0 heterocycles. The number of carbonyl (C=O) groups is 1. The van der Waals surface area contributed by atoms with Crippen molar-refractivity contribution in [1.82, 2.24) is 10.2 Å². The maximum absolute atomic E-state index is 11.7. The SMILES string of the molecule is CCN(CC)CCNC(C)C(=O)OC(C)(C)C. The zero-order chi connectivity index (χ0) is 13.5. The van der Waals surface area contributed by atoms with Crippen LogP contribution in [0.15, 0.2) is 0 Å². The van der Waals surface area contributed by atoms with Crippen LogP contribution in [0.5, 0.6) is 0 Å². The summed E-state index contributed by atoms with van der Waals surface area (Å²) in [5.74, 6) is -0.183. The van der Waals surface area contributed by atoms with E-state index in [9.17, 15) is 4.79 Å². The fraction of sp³-hybridized carbons (Fsp3) is 0.923. The van der Waals surface area contributed by atoms with Gasteiger partial charge >= 0.3 is 5.97 Å². The van der Waals surface area contributed by atoms with Gasteiger partial charge in [0.1, 0.15) is 11.6 Å². The van der Waals surface area contributed by atoms with E-state index in [2.05, 4.69) is 24.1 Å². The predicted molar refractivity (Wildman–Crippen MR) is 71.1 cm³/mol. The Balaban J connectivity index is 3.86. The van der Waals surface area contributed by atoms with Crippen molar-refractivity contribution in [3.63, 3.8) is 0 Å². The molecule has 0 fully saturated rings. The Labute approximate surface area is 106 Å². The number of nitrogens with one attached hydrogen (secondary N) is 1. The molecular weight excluding hydrogens is 216 g/mol. The Bertz CT molecular complexity index is 220. The van der Waals surface area contributed by atoms with Crippen molar-refractivity contribution in [3.8, 4) is 0 Å². The number of ether oxygens (including phenoxy) is 1. The number of hydrogen-bond acceptors (Lipinski definition) is 4. The van der Waals surface area contributed by atoms with Gasteiger partial charge in [-0.25, -0.2) is 0 Å². The van der Waals surface area contributed by atoms with Gasteiger partial charge in [0.05, 0.1) is 0 Å². The maximum Gasteiger partial charge on any atom is 0.323 e. The van der Waals surface area contributed by atoms with Crippen LogP contribution in [0.25, 0.3) is 0 Å². The van der Waals surface area contributed by atoms with Crippen molar-refractivity contribution in [1.29, 1.82) is 0 Å². The second-order valence-electron chi connectivity index (χ2n) is 5.24. The molecule has 0 aromatic heterocycles. The summed E-state index contributed by atoms with van der Waals surface area (Å²) < 4.78 is 5.29. The van der Waals surface area contributed by atoms with Crippen LogP contribution in [0.4, 0.5) is 0 Å². The Morgan fingerprint density at radius 1 is 1.29 bits per heavy atom. The molecule has 0 amide bonds. The third kappa shape index (κ3) is 8.16. The average molecular weight is 244 g/mol. The molecule has 17 heavy (non-hydrogen) atoms. The molecule has 0 aromatic rings. The summed E-state index contributed by atoms with van der Waals surface area (Å²) in [6.45, 7) is 15.6.